The molecular weight excluding hydrogens is 104 g/mol. The summed E-state index contributed by atoms with van der Waals surface area (Å²) in [5, 5.41) is 6.84. The van der Waals surface area contributed by atoms with Crippen LogP contribution in [0.15, 0.2) is 4.99 Å². The number of nitrogens with zero attached hydrogens (tertiary/aromatic N) is 1. The van der Waals surface area contributed by atoms with E-state index < -0.39 is 0 Å². The van der Waals surface area contributed by atoms with E-state index in [1.807, 2.05) is 0 Å². The number of nitrogens with one attached hydrogen (secondary N) is 2. The number of hydrogen-bond donors (Lipinski definition) is 3. The van der Waals surface area contributed by atoms with Gasteiger partial charge in [0.1, 0.15) is 0 Å². The van der Waals surface area contributed by atoms with Gasteiger partial charge in [-0.25, -0.2) is 10.8 Å². The standard InChI is InChI=1S/C4H10N4/c1-3(2)7-4(5)8-6/h6H2,1-2H3,(H2,5,8). The lowest BCUT2D eigenvalue weighted by Crippen LogP contribution is -2.28. The predicted molar refractivity (Wildman–Crippen MR) is 33.8 cm³/mol. The number of guanidine groups is 1. The highest BCUT2D eigenvalue weighted by Crippen LogP contribution is 1.72. The van der Waals surface area contributed by atoms with Crippen molar-refractivity contribution in [3.8, 4) is 0 Å². The summed E-state index contributed by atoms with van der Waals surface area (Å²) in [6.07, 6.45) is 0. The molecule has 0 heterocycles. The molecule has 4 N–H and O–H groups in total. The summed E-state index contributed by atoms with van der Waals surface area (Å²) in [5.41, 5.74) is 2.90. The first kappa shape index (κ1) is 7.10. The lowest BCUT2D eigenvalue weighted by Gasteiger charge is -1.92. The Balaban J connectivity index is 3.70. The Labute approximate surface area is 48.3 Å². The van der Waals surface area contributed by atoms with Gasteiger partial charge in [0.2, 0.25) is 5.96 Å². The van der Waals surface area contributed by atoms with Crippen LogP contribution in [0.4, 0.5) is 0 Å². The molecule has 0 amide bonds. The van der Waals surface area contributed by atoms with E-state index in [0.29, 0.717) is 0 Å². The highest BCUT2D eigenvalue weighted by atomic mass is 15.3. The second-order valence-corrected chi connectivity index (χ2v) is 1.55. The highest BCUT2D eigenvalue weighted by molar-refractivity contribution is 5.92. The first-order valence-electron chi connectivity index (χ1n) is 2.24. The molecule has 0 aromatic heterocycles. The first-order valence-corrected chi connectivity index (χ1v) is 2.24. The summed E-state index contributed by atoms with van der Waals surface area (Å²) < 4.78 is 0. The van der Waals surface area contributed by atoms with E-state index in [2.05, 4.69) is 10.4 Å². The molecule has 0 rings (SSSR count). The molecule has 46 valence electrons. The molecule has 0 aromatic rings. The maximum atomic E-state index is 6.84. The van der Waals surface area contributed by atoms with Crippen LogP contribution in [0.5, 0.6) is 0 Å². The molecule has 0 aliphatic heterocycles. The summed E-state index contributed by atoms with van der Waals surface area (Å²) >= 11 is 0. The quantitative estimate of drug-likeness (QED) is 0.177. The van der Waals surface area contributed by atoms with Crippen LogP contribution in [0, 0.1) is 5.41 Å². The van der Waals surface area contributed by atoms with E-state index in [0.717, 1.165) is 5.71 Å². The van der Waals surface area contributed by atoms with Crippen LogP contribution >= 0.6 is 0 Å². The Morgan fingerprint density at radius 1 is 1.62 bits per heavy atom. The molecule has 4 heteroatoms. The average molecular weight is 114 g/mol. The van der Waals surface area contributed by atoms with Crippen LogP contribution in [0.3, 0.4) is 0 Å². The van der Waals surface area contributed by atoms with Gasteiger partial charge in [0.15, 0.2) is 0 Å². The molecule has 0 aromatic carbocycles. The maximum absolute atomic E-state index is 6.84. The van der Waals surface area contributed by atoms with Crippen LogP contribution in [0.1, 0.15) is 13.8 Å². The van der Waals surface area contributed by atoms with Gasteiger partial charge < -0.3 is 0 Å². The number of rotatable bonds is 0. The van der Waals surface area contributed by atoms with E-state index in [-0.39, 0.29) is 5.96 Å². The van der Waals surface area contributed by atoms with Gasteiger partial charge in [-0.3, -0.25) is 10.8 Å². The van der Waals surface area contributed by atoms with E-state index in [1.54, 1.807) is 13.8 Å². The molecule has 0 spiro atoms. The number of aliphatic imine (C=N–C) groups is 1. The van der Waals surface area contributed by atoms with Gasteiger partial charge in [-0.1, -0.05) is 0 Å². The summed E-state index contributed by atoms with van der Waals surface area (Å²) in [6, 6.07) is 0. The Bertz CT molecular complexity index is 111. The third-order valence-electron chi connectivity index (χ3n) is 0.472. The monoisotopic (exact) mass is 114 g/mol. The number of hydrogen-bond acceptors (Lipinski definition) is 2. The fourth-order valence-electron chi connectivity index (χ4n) is 0.256. The zero-order valence-electron chi connectivity index (χ0n) is 5.02. The Kier molecular flexibility index (Phi) is 2.79. The molecule has 0 atom stereocenters. The summed E-state index contributed by atoms with van der Waals surface area (Å²) in [4.78, 5) is 3.66. The van der Waals surface area contributed by atoms with Gasteiger partial charge in [0.25, 0.3) is 0 Å². The Hall–Kier alpha value is -0.900. The SMILES string of the molecule is CC(C)=NC(=N)NN. The van der Waals surface area contributed by atoms with Crippen molar-refractivity contribution in [2.75, 3.05) is 0 Å². The van der Waals surface area contributed by atoms with Crippen molar-refractivity contribution in [3.05, 3.63) is 0 Å². The summed E-state index contributed by atoms with van der Waals surface area (Å²) in [6.45, 7) is 3.60. The van der Waals surface area contributed by atoms with Gasteiger partial charge in [0, 0.05) is 5.71 Å². The molecule has 0 bridgehead atoms. The fraction of sp³-hybridized carbons (Fsp3) is 0.500. The molecule has 4 nitrogen and oxygen atoms in total. The van der Waals surface area contributed by atoms with E-state index in [1.165, 1.54) is 0 Å². The van der Waals surface area contributed by atoms with Gasteiger partial charge in [-0.15, -0.1) is 0 Å². The molecule has 0 saturated carbocycles. The van der Waals surface area contributed by atoms with Crippen LogP contribution < -0.4 is 11.3 Å². The van der Waals surface area contributed by atoms with Crippen molar-refractivity contribution in [1.29, 1.82) is 5.41 Å². The van der Waals surface area contributed by atoms with Crippen molar-refractivity contribution in [3.63, 3.8) is 0 Å². The lowest BCUT2D eigenvalue weighted by atomic mass is 10.5. The predicted octanol–water partition coefficient (Wildman–Crippen LogP) is -0.135. The Morgan fingerprint density at radius 3 is 2.25 bits per heavy atom. The van der Waals surface area contributed by atoms with Gasteiger partial charge in [-0.2, -0.15) is 0 Å². The van der Waals surface area contributed by atoms with Crippen LogP contribution in [-0.2, 0) is 0 Å². The number of nitrogens with two attached hydrogens (primary N) is 1. The van der Waals surface area contributed by atoms with Gasteiger partial charge in [-0.05, 0) is 13.8 Å². The topological polar surface area (TPSA) is 74.3 Å². The zero-order valence-corrected chi connectivity index (χ0v) is 5.02. The van der Waals surface area contributed by atoms with Crippen molar-refractivity contribution in [2.24, 2.45) is 10.8 Å². The molecule has 0 unspecified atom stereocenters. The normalized spacial score (nSPS) is 7.88. The Morgan fingerprint density at radius 2 is 2.12 bits per heavy atom. The highest BCUT2D eigenvalue weighted by Gasteiger charge is 1.83. The number of hydrazine groups is 1. The van der Waals surface area contributed by atoms with Gasteiger partial charge in [0.05, 0.1) is 0 Å². The summed E-state index contributed by atoms with van der Waals surface area (Å²) in [7, 11) is 0. The molecule has 0 aliphatic carbocycles. The van der Waals surface area contributed by atoms with E-state index in [4.69, 9.17) is 11.3 Å². The molecular formula is C4H10N4. The zero-order chi connectivity index (χ0) is 6.57. The minimum absolute atomic E-state index is 0.00926. The summed E-state index contributed by atoms with van der Waals surface area (Å²) in [5.74, 6) is 4.83. The molecule has 0 aliphatic rings. The van der Waals surface area contributed by atoms with Crippen molar-refractivity contribution in [1.82, 2.24) is 5.43 Å². The fourth-order valence-corrected chi connectivity index (χ4v) is 0.256. The third-order valence-corrected chi connectivity index (χ3v) is 0.472. The van der Waals surface area contributed by atoms with Crippen LogP contribution in [0.2, 0.25) is 0 Å². The van der Waals surface area contributed by atoms with Crippen LogP contribution in [0.25, 0.3) is 0 Å². The molecule has 0 saturated heterocycles. The molecule has 0 radical (unpaired) electrons. The second-order valence-electron chi connectivity index (χ2n) is 1.55. The third kappa shape index (κ3) is 3.30. The minimum Gasteiger partial charge on any atom is -0.293 e. The first-order chi connectivity index (χ1) is 3.66. The maximum Gasteiger partial charge on any atom is 0.229 e. The van der Waals surface area contributed by atoms with E-state index in [9.17, 15) is 0 Å². The van der Waals surface area contributed by atoms with Crippen molar-refractivity contribution < 1.29 is 0 Å². The van der Waals surface area contributed by atoms with Crippen molar-refractivity contribution >= 4 is 11.7 Å². The van der Waals surface area contributed by atoms with Gasteiger partial charge >= 0.3 is 0 Å². The lowest BCUT2D eigenvalue weighted by molar-refractivity contribution is 0.994. The average Bonchev–Trinajstić information content (AvgIpc) is 1.65. The van der Waals surface area contributed by atoms with E-state index >= 15 is 0 Å². The minimum atomic E-state index is -0.00926. The molecule has 0 fully saturated rings. The van der Waals surface area contributed by atoms with Crippen LogP contribution in [-0.4, -0.2) is 11.7 Å². The molecule has 8 heavy (non-hydrogen) atoms. The van der Waals surface area contributed by atoms with Crippen molar-refractivity contribution in [2.45, 2.75) is 13.8 Å². The smallest absolute Gasteiger partial charge is 0.229 e. The second kappa shape index (κ2) is 3.15. The largest absolute Gasteiger partial charge is 0.293 e.